The van der Waals surface area contributed by atoms with E-state index in [0.717, 1.165) is 6.42 Å². The molecular weight excluding hydrogens is 386 g/mol. The van der Waals surface area contributed by atoms with Gasteiger partial charge in [0.25, 0.3) is 5.91 Å². The molecule has 0 unspecified atom stereocenters. The number of nitrogens with zero attached hydrogens (tertiary/aromatic N) is 1. The molecule has 5 heteroatoms. The maximum absolute atomic E-state index is 13.2. The first-order valence-corrected chi connectivity index (χ1v) is 10.1. The van der Waals surface area contributed by atoms with Gasteiger partial charge in [0.2, 0.25) is 0 Å². The number of rotatable bonds is 3. The summed E-state index contributed by atoms with van der Waals surface area (Å²) in [5.74, 6) is 1.24. The lowest BCUT2D eigenvalue weighted by Gasteiger charge is -2.25. The van der Waals surface area contributed by atoms with Gasteiger partial charge in [0.1, 0.15) is 17.1 Å². The highest BCUT2D eigenvalue weighted by Gasteiger charge is 2.46. The van der Waals surface area contributed by atoms with Crippen LogP contribution in [0, 0.1) is 0 Å². The van der Waals surface area contributed by atoms with Crippen molar-refractivity contribution in [2.24, 2.45) is 0 Å². The number of halogens is 1. The average molecular weight is 406 g/mol. The highest BCUT2D eigenvalue weighted by molar-refractivity contribution is 6.30. The van der Waals surface area contributed by atoms with Gasteiger partial charge in [0.15, 0.2) is 0 Å². The Morgan fingerprint density at radius 1 is 1.00 bits per heavy atom. The lowest BCUT2D eigenvalue weighted by Crippen LogP contribution is -2.34. The highest BCUT2D eigenvalue weighted by Crippen LogP contribution is 2.43. The molecule has 5 rings (SSSR count). The van der Waals surface area contributed by atoms with Gasteiger partial charge in [-0.1, -0.05) is 48.0 Å². The average Bonchev–Trinajstić information content (AvgIpc) is 3.33. The summed E-state index contributed by atoms with van der Waals surface area (Å²) in [6.07, 6.45) is 0.814. The Kier molecular flexibility index (Phi) is 4.53. The number of amides is 1. The molecule has 0 bridgehead atoms. The van der Waals surface area contributed by atoms with Crippen molar-refractivity contribution < 1.29 is 14.3 Å². The van der Waals surface area contributed by atoms with Gasteiger partial charge in [0.05, 0.1) is 13.2 Å². The third kappa shape index (κ3) is 3.39. The van der Waals surface area contributed by atoms with Gasteiger partial charge >= 0.3 is 0 Å². The fraction of sp³-hybridized carbons (Fsp3) is 0.208. The van der Waals surface area contributed by atoms with Crippen LogP contribution in [0.1, 0.15) is 27.9 Å². The summed E-state index contributed by atoms with van der Waals surface area (Å²) in [5, 5.41) is 0.606. The van der Waals surface area contributed by atoms with Crippen molar-refractivity contribution in [1.82, 2.24) is 4.90 Å². The van der Waals surface area contributed by atoms with Crippen molar-refractivity contribution in [2.45, 2.75) is 18.6 Å². The van der Waals surface area contributed by atoms with E-state index in [9.17, 15) is 4.79 Å². The van der Waals surface area contributed by atoms with E-state index in [2.05, 4.69) is 12.1 Å². The van der Waals surface area contributed by atoms with Gasteiger partial charge in [-0.25, -0.2) is 0 Å². The van der Waals surface area contributed by atoms with Gasteiger partial charge in [-0.05, 0) is 53.9 Å². The molecule has 1 saturated heterocycles. The smallest absolute Gasteiger partial charge is 0.254 e. The van der Waals surface area contributed by atoms with Gasteiger partial charge in [-0.2, -0.15) is 0 Å². The second kappa shape index (κ2) is 7.21. The topological polar surface area (TPSA) is 38.8 Å². The molecule has 4 nitrogen and oxygen atoms in total. The zero-order chi connectivity index (χ0) is 19.8. The fourth-order valence-corrected chi connectivity index (χ4v) is 4.40. The molecule has 0 saturated carbocycles. The normalized spacial score (nSPS) is 20.1. The van der Waals surface area contributed by atoms with Crippen LogP contribution in [0.15, 0.2) is 72.8 Å². The van der Waals surface area contributed by atoms with E-state index >= 15 is 0 Å². The second-order valence-corrected chi connectivity index (χ2v) is 7.94. The van der Waals surface area contributed by atoms with Gasteiger partial charge in [-0.15, -0.1) is 0 Å². The highest BCUT2D eigenvalue weighted by atomic mass is 35.5. The lowest BCUT2D eigenvalue weighted by atomic mass is 9.92. The molecule has 1 atom stereocenters. The number of fused-ring (bicyclic) bond motifs is 2. The Balaban J connectivity index is 1.34. The van der Waals surface area contributed by atoms with E-state index in [1.807, 2.05) is 47.4 Å². The Hall–Kier alpha value is -2.82. The summed E-state index contributed by atoms with van der Waals surface area (Å²) in [4.78, 5) is 15.0. The molecular formula is C24H20ClNO3. The number of carbonyl (C=O) groups excluding carboxylic acids is 1. The minimum absolute atomic E-state index is 0.00796. The summed E-state index contributed by atoms with van der Waals surface area (Å²) < 4.78 is 12.0. The standard InChI is InChI=1S/C24H20ClNO3/c25-19-7-4-9-21(14-19)29-20-8-3-6-17(13-20)23(27)26-12-11-24(16-26)22-10-2-1-5-18(22)15-28-24/h1-10,13-14H,11-12,15-16H2/t24-/m0/s1. The molecule has 0 aliphatic carbocycles. The van der Waals surface area contributed by atoms with Crippen LogP contribution in [0.3, 0.4) is 0 Å². The third-order valence-corrected chi connectivity index (χ3v) is 5.88. The van der Waals surface area contributed by atoms with Crippen LogP contribution in [-0.2, 0) is 16.9 Å². The van der Waals surface area contributed by atoms with Crippen molar-refractivity contribution in [3.63, 3.8) is 0 Å². The monoisotopic (exact) mass is 405 g/mol. The van der Waals surface area contributed by atoms with E-state index in [1.54, 1.807) is 18.2 Å². The fourth-order valence-electron chi connectivity index (χ4n) is 4.22. The first-order chi connectivity index (χ1) is 14.1. The molecule has 0 radical (unpaired) electrons. The molecule has 29 heavy (non-hydrogen) atoms. The van der Waals surface area contributed by atoms with Crippen LogP contribution in [0.2, 0.25) is 5.02 Å². The van der Waals surface area contributed by atoms with Gasteiger partial charge in [0, 0.05) is 17.1 Å². The van der Waals surface area contributed by atoms with E-state index < -0.39 is 0 Å². The Morgan fingerprint density at radius 3 is 2.66 bits per heavy atom. The van der Waals surface area contributed by atoms with Crippen molar-refractivity contribution >= 4 is 17.5 Å². The van der Waals surface area contributed by atoms with E-state index in [1.165, 1.54) is 11.1 Å². The largest absolute Gasteiger partial charge is 0.457 e. The molecule has 0 N–H and O–H groups in total. The number of benzene rings is 3. The van der Waals surface area contributed by atoms with Crippen molar-refractivity contribution in [3.05, 3.63) is 94.5 Å². The SMILES string of the molecule is O=C(c1cccc(Oc2cccc(Cl)c2)c1)N1CC[C@@]2(C1)OCc1ccccc12. The Morgan fingerprint density at radius 2 is 1.79 bits per heavy atom. The summed E-state index contributed by atoms with van der Waals surface area (Å²) in [6, 6.07) is 22.8. The molecule has 3 aromatic rings. The van der Waals surface area contributed by atoms with Crippen LogP contribution >= 0.6 is 11.6 Å². The molecule has 2 aliphatic heterocycles. The number of carbonyl (C=O) groups is 1. The van der Waals surface area contributed by atoms with Crippen molar-refractivity contribution in [2.75, 3.05) is 13.1 Å². The summed E-state index contributed by atoms with van der Waals surface area (Å²) in [5.41, 5.74) is 2.67. The molecule has 146 valence electrons. The van der Waals surface area contributed by atoms with Crippen LogP contribution in [0.25, 0.3) is 0 Å². The molecule has 1 spiro atoms. The zero-order valence-electron chi connectivity index (χ0n) is 15.8. The minimum Gasteiger partial charge on any atom is -0.457 e. The summed E-state index contributed by atoms with van der Waals surface area (Å²) >= 11 is 6.02. The predicted molar refractivity (Wildman–Crippen MR) is 111 cm³/mol. The predicted octanol–water partition coefficient (Wildman–Crippen LogP) is 5.40. The lowest BCUT2D eigenvalue weighted by molar-refractivity contribution is -0.0282. The number of hydrogen-bond donors (Lipinski definition) is 0. The minimum atomic E-state index is -0.374. The molecule has 3 aromatic carbocycles. The van der Waals surface area contributed by atoms with E-state index in [-0.39, 0.29) is 11.5 Å². The number of ether oxygens (including phenoxy) is 2. The van der Waals surface area contributed by atoms with E-state index in [0.29, 0.717) is 41.8 Å². The van der Waals surface area contributed by atoms with Crippen LogP contribution in [-0.4, -0.2) is 23.9 Å². The van der Waals surface area contributed by atoms with Crippen LogP contribution in [0.4, 0.5) is 0 Å². The third-order valence-electron chi connectivity index (χ3n) is 5.64. The zero-order valence-corrected chi connectivity index (χ0v) is 16.6. The molecule has 2 heterocycles. The number of likely N-dealkylation sites (tertiary alicyclic amines) is 1. The molecule has 2 aliphatic rings. The molecule has 1 fully saturated rings. The first-order valence-electron chi connectivity index (χ1n) is 9.68. The van der Waals surface area contributed by atoms with Crippen LogP contribution < -0.4 is 4.74 Å². The second-order valence-electron chi connectivity index (χ2n) is 7.50. The Bertz CT molecular complexity index is 1080. The Labute approximate surface area is 174 Å². The first kappa shape index (κ1) is 18.2. The maximum atomic E-state index is 13.2. The summed E-state index contributed by atoms with van der Waals surface area (Å²) in [6.45, 7) is 1.86. The van der Waals surface area contributed by atoms with E-state index in [4.69, 9.17) is 21.1 Å². The quantitative estimate of drug-likeness (QED) is 0.585. The molecule has 0 aromatic heterocycles. The maximum Gasteiger partial charge on any atom is 0.254 e. The van der Waals surface area contributed by atoms with Gasteiger partial charge in [-0.3, -0.25) is 4.79 Å². The summed E-state index contributed by atoms with van der Waals surface area (Å²) in [7, 11) is 0. The van der Waals surface area contributed by atoms with Crippen molar-refractivity contribution in [3.8, 4) is 11.5 Å². The van der Waals surface area contributed by atoms with Gasteiger partial charge < -0.3 is 14.4 Å². The molecule has 1 amide bonds. The van der Waals surface area contributed by atoms with Crippen LogP contribution in [0.5, 0.6) is 11.5 Å². The van der Waals surface area contributed by atoms with Crippen molar-refractivity contribution in [1.29, 1.82) is 0 Å². The number of hydrogen-bond acceptors (Lipinski definition) is 3.